The van der Waals surface area contributed by atoms with Crippen molar-refractivity contribution in [1.29, 1.82) is 0 Å². The predicted octanol–water partition coefficient (Wildman–Crippen LogP) is 19.2. The summed E-state index contributed by atoms with van der Waals surface area (Å²) in [4.78, 5) is 2.52. The minimum atomic E-state index is 0.0556. The summed E-state index contributed by atoms with van der Waals surface area (Å²) in [5.41, 5.74) is 24.2. The van der Waals surface area contributed by atoms with Gasteiger partial charge in [0.2, 0.25) is 0 Å². The van der Waals surface area contributed by atoms with Crippen molar-refractivity contribution in [1.82, 2.24) is 4.57 Å². The standard InChI is InChI=1S/C71H62N2/c1-46-38-48-40-47(2)71(53(39-46)41-48)65-23-13-11-21-59(65)63-42-51(27-35-66(63)71)52-26-32-61-62-34-31-57(45-69(62)73(68(61)43-52)54-18-8-4-9-19-54)72(55-28-24-50(25-29-55)49-16-6-3-7-17-49)56-30-33-60-58-20-10-12-22-64(58)70(67(60)44-56)36-14-5-15-37-70/h3-4,6-13,16-35,42-48,53H,5,14-15,36-41H2,1-2H3/t46-,47+,48?,53-,71-/m1/s1. The van der Waals surface area contributed by atoms with Gasteiger partial charge in [-0.25, -0.2) is 0 Å². The lowest BCUT2D eigenvalue weighted by molar-refractivity contribution is 0.0426. The second-order valence-corrected chi connectivity index (χ2v) is 23.0. The first kappa shape index (κ1) is 43.2. The van der Waals surface area contributed by atoms with Gasteiger partial charge >= 0.3 is 0 Å². The van der Waals surface area contributed by atoms with Crippen molar-refractivity contribution >= 4 is 38.9 Å². The maximum absolute atomic E-state index is 2.58. The van der Waals surface area contributed by atoms with E-state index in [4.69, 9.17) is 0 Å². The Morgan fingerprint density at radius 2 is 0.986 bits per heavy atom. The molecule has 2 nitrogen and oxygen atoms in total. The normalized spacial score (nSPS) is 22.1. The summed E-state index contributed by atoms with van der Waals surface area (Å²) in [6.07, 6.45) is 11.7. The van der Waals surface area contributed by atoms with Crippen LogP contribution in [0.4, 0.5) is 17.1 Å². The highest BCUT2D eigenvalue weighted by molar-refractivity contribution is 6.11. The average molecular weight is 943 g/mol. The number of benzene rings is 9. The molecule has 2 bridgehead atoms. The van der Waals surface area contributed by atoms with Crippen LogP contribution in [0.3, 0.4) is 0 Å². The van der Waals surface area contributed by atoms with Gasteiger partial charge in [0.1, 0.15) is 0 Å². The molecular weight excluding hydrogens is 881 g/mol. The van der Waals surface area contributed by atoms with Crippen LogP contribution in [-0.2, 0) is 10.8 Å². The molecule has 9 aromatic carbocycles. The predicted molar refractivity (Wildman–Crippen MR) is 306 cm³/mol. The van der Waals surface area contributed by atoms with Crippen LogP contribution in [0.5, 0.6) is 0 Å². The highest BCUT2D eigenvalue weighted by atomic mass is 15.1. The van der Waals surface area contributed by atoms with E-state index in [0.29, 0.717) is 11.8 Å². The first-order valence-corrected chi connectivity index (χ1v) is 27.5. The third-order valence-electron chi connectivity index (χ3n) is 19.1. The fourth-order valence-corrected chi connectivity index (χ4v) is 16.2. The fraction of sp³-hybridized carbons (Fsp3) is 0.239. The number of rotatable bonds is 6. The van der Waals surface area contributed by atoms with Crippen molar-refractivity contribution in [3.8, 4) is 50.2 Å². The molecule has 73 heavy (non-hydrogen) atoms. The van der Waals surface area contributed by atoms with Crippen LogP contribution in [0.15, 0.2) is 206 Å². The number of hydrogen-bond donors (Lipinski definition) is 0. The number of nitrogens with zero attached hydrogens (tertiary/aromatic N) is 2. The van der Waals surface area contributed by atoms with Crippen molar-refractivity contribution in [2.45, 2.75) is 82.5 Å². The van der Waals surface area contributed by atoms with Gasteiger partial charge in [0.15, 0.2) is 0 Å². The Labute approximate surface area is 431 Å². The quantitative estimate of drug-likeness (QED) is 0.161. The highest BCUT2D eigenvalue weighted by Crippen LogP contribution is 2.65. The second kappa shape index (κ2) is 16.6. The van der Waals surface area contributed by atoms with Gasteiger partial charge < -0.3 is 9.47 Å². The van der Waals surface area contributed by atoms with Crippen LogP contribution in [0.1, 0.15) is 93.9 Å². The Balaban J connectivity index is 0.893. The molecule has 1 unspecified atom stereocenters. The molecule has 3 saturated carbocycles. The number of para-hydroxylation sites is 1. The SMILES string of the molecule is C[C@@H]1CC2C[C@@H](C1)[C@@]1(c3ccccc3-c3cc(-c4ccc5c6ccc(N(c7ccc(-c8ccccc8)cc7)c7ccc8c(c7)C7(CCCCC7)c7ccccc7-8)cc6n(-c6ccccc6)c5c4)ccc31)[C@@H](C)C2. The van der Waals surface area contributed by atoms with E-state index >= 15 is 0 Å². The van der Waals surface area contributed by atoms with E-state index < -0.39 is 0 Å². The lowest BCUT2D eigenvalue weighted by atomic mass is 9.49. The molecule has 356 valence electrons. The summed E-state index contributed by atoms with van der Waals surface area (Å²) in [5.74, 6) is 2.98. The lowest BCUT2D eigenvalue weighted by Gasteiger charge is -2.54. The molecule has 10 aromatic rings. The molecule has 0 N–H and O–H groups in total. The Morgan fingerprint density at radius 1 is 0.411 bits per heavy atom. The topological polar surface area (TPSA) is 8.17 Å². The van der Waals surface area contributed by atoms with Crippen LogP contribution in [-0.4, -0.2) is 4.57 Å². The Bertz CT molecular complexity index is 3780. The van der Waals surface area contributed by atoms with Gasteiger partial charge in [0, 0.05) is 44.4 Å². The minimum absolute atomic E-state index is 0.0556. The van der Waals surface area contributed by atoms with Gasteiger partial charge in [0.25, 0.3) is 0 Å². The number of hydrogen-bond acceptors (Lipinski definition) is 1. The van der Waals surface area contributed by atoms with Crippen LogP contribution in [0.2, 0.25) is 0 Å². The maximum atomic E-state index is 2.58. The van der Waals surface area contributed by atoms with Gasteiger partial charge in [0.05, 0.1) is 11.0 Å². The zero-order chi connectivity index (χ0) is 48.4. The summed E-state index contributed by atoms with van der Waals surface area (Å²) in [7, 11) is 0. The molecule has 2 spiro atoms. The monoisotopic (exact) mass is 942 g/mol. The molecule has 5 aliphatic rings. The molecule has 5 aliphatic carbocycles. The molecule has 0 saturated heterocycles. The van der Waals surface area contributed by atoms with Gasteiger partial charge in [-0.2, -0.15) is 0 Å². The van der Waals surface area contributed by atoms with Crippen LogP contribution < -0.4 is 4.90 Å². The first-order chi connectivity index (χ1) is 36.0. The Kier molecular flexibility index (Phi) is 9.79. The molecule has 5 atom stereocenters. The molecule has 1 aromatic heterocycles. The van der Waals surface area contributed by atoms with Gasteiger partial charge in [-0.05, 0) is 190 Å². The van der Waals surface area contributed by atoms with E-state index in [1.807, 2.05) is 0 Å². The van der Waals surface area contributed by atoms with Gasteiger partial charge in [-0.1, -0.05) is 179 Å². The molecular formula is C71H62N2. The smallest absolute Gasteiger partial charge is 0.0561 e. The average Bonchev–Trinajstić information content (AvgIpc) is 4.03. The Hall–Kier alpha value is -7.42. The summed E-state index contributed by atoms with van der Waals surface area (Å²) >= 11 is 0. The third-order valence-corrected chi connectivity index (χ3v) is 19.1. The maximum Gasteiger partial charge on any atom is 0.0561 e. The zero-order valence-corrected chi connectivity index (χ0v) is 42.2. The molecule has 0 amide bonds. The zero-order valence-electron chi connectivity index (χ0n) is 42.2. The van der Waals surface area contributed by atoms with E-state index in [2.05, 4.69) is 230 Å². The molecule has 2 heteroatoms. The van der Waals surface area contributed by atoms with E-state index in [0.717, 1.165) is 23.2 Å². The molecule has 15 rings (SSSR count). The van der Waals surface area contributed by atoms with Crippen molar-refractivity contribution < 1.29 is 0 Å². The van der Waals surface area contributed by atoms with Crippen LogP contribution in [0.25, 0.3) is 72.0 Å². The summed E-state index contributed by atoms with van der Waals surface area (Å²) in [6, 6.07) is 79.2. The highest BCUT2D eigenvalue weighted by Gasteiger charge is 2.56. The summed E-state index contributed by atoms with van der Waals surface area (Å²) in [6.45, 7) is 5.09. The van der Waals surface area contributed by atoms with Crippen molar-refractivity contribution in [2.24, 2.45) is 23.7 Å². The van der Waals surface area contributed by atoms with Crippen LogP contribution >= 0.6 is 0 Å². The number of fused-ring (bicyclic) bond motifs is 16. The van der Waals surface area contributed by atoms with Gasteiger partial charge in [-0.3, -0.25) is 0 Å². The van der Waals surface area contributed by atoms with E-state index in [-0.39, 0.29) is 10.8 Å². The second-order valence-electron chi connectivity index (χ2n) is 23.0. The molecule has 0 radical (unpaired) electrons. The third kappa shape index (κ3) is 6.41. The van der Waals surface area contributed by atoms with Crippen molar-refractivity contribution in [3.63, 3.8) is 0 Å². The molecule has 3 fully saturated rings. The van der Waals surface area contributed by atoms with E-state index in [1.165, 1.54) is 147 Å². The minimum Gasteiger partial charge on any atom is -0.310 e. The van der Waals surface area contributed by atoms with Crippen LogP contribution in [0, 0.1) is 23.7 Å². The van der Waals surface area contributed by atoms with E-state index in [1.54, 1.807) is 11.1 Å². The number of anilines is 3. The molecule has 0 aliphatic heterocycles. The fourth-order valence-electron chi connectivity index (χ4n) is 16.2. The summed E-state index contributed by atoms with van der Waals surface area (Å²) in [5, 5.41) is 2.53. The van der Waals surface area contributed by atoms with Crippen molar-refractivity contribution in [3.05, 3.63) is 229 Å². The van der Waals surface area contributed by atoms with Gasteiger partial charge in [-0.15, -0.1) is 0 Å². The number of aromatic nitrogens is 1. The van der Waals surface area contributed by atoms with E-state index in [9.17, 15) is 0 Å². The largest absolute Gasteiger partial charge is 0.310 e. The Morgan fingerprint density at radius 3 is 1.78 bits per heavy atom. The molecule has 1 heterocycles. The first-order valence-electron chi connectivity index (χ1n) is 27.5. The summed E-state index contributed by atoms with van der Waals surface area (Å²) < 4.78 is 2.52. The lowest BCUT2D eigenvalue weighted by Crippen LogP contribution is -2.49. The van der Waals surface area contributed by atoms with Crippen molar-refractivity contribution in [2.75, 3.05) is 4.90 Å².